The number of rotatable bonds is 8. The number of benzene rings is 11. The second kappa shape index (κ2) is 15.6. The molecule has 2 nitrogen and oxygen atoms in total. The molecule has 0 saturated carbocycles. The first-order valence-corrected chi connectivity index (χ1v) is 22.6. The zero-order valence-corrected chi connectivity index (χ0v) is 36.5. The number of para-hydroxylation sites is 2. The van der Waals surface area contributed by atoms with E-state index in [1.54, 1.807) is 0 Å². The van der Waals surface area contributed by atoms with Crippen molar-refractivity contribution in [2.24, 2.45) is 0 Å². The fourth-order valence-corrected chi connectivity index (χ4v) is 10.7. The molecule has 0 N–H and O–H groups in total. The van der Waals surface area contributed by atoms with E-state index in [9.17, 15) is 0 Å². The van der Waals surface area contributed by atoms with Crippen LogP contribution in [0.4, 0.5) is 34.1 Å². The second-order valence-electron chi connectivity index (χ2n) is 17.7. The third-order valence-corrected chi connectivity index (χ3v) is 13.5. The third-order valence-electron chi connectivity index (χ3n) is 13.5. The van der Waals surface area contributed by atoms with Gasteiger partial charge in [0.25, 0.3) is 0 Å². The van der Waals surface area contributed by atoms with Crippen LogP contribution in [-0.4, -0.2) is 0 Å². The van der Waals surface area contributed by atoms with Gasteiger partial charge in [-0.05, 0) is 150 Å². The van der Waals surface area contributed by atoms with Crippen LogP contribution in [0.1, 0.15) is 25.0 Å². The Morgan fingerprint density at radius 3 is 1.29 bits per heavy atom. The van der Waals surface area contributed by atoms with Crippen molar-refractivity contribution in [3.8, 4) is 33.4 Å². The van der Waals surface area contributed by atoms with Crippen molar-refractivity contribution < 1.29 is 0 Å². The lowest BCUT2D eigenvalue weighted by atomic mass is 9.77. The summed E-state index contributed by atoms with van der Waals surface area (Å²) in [5, 5.41) is 7.65. The Balaban J connectivity index is 1.01. The fraction of sp³-hybridized carbons (Fsp3) is 0.0476. The van der Waals surface area contributed by atoms with E-state index in [0.29, 0.717) is 0 Å². The summed E-state index contributed by atoms with van der Waals surface area (Å²) in [5.41, 5.74) is 16.7. The van der Waals surface area contributed by atoms with E-state index in [2.05, 4.69) is 266 Å². The van der Waals surface area contributed by atoms with Crippen LogP contribution in [0.15, 0.2) is 243 Å². The molecule has 0 aromatic heterocycles. The van der Waals surface area contributed by atoms with Crippen molar-refractivity contribution in [3.05, 3.63) is 254 Å². The van der Waals surface area contributed by atoms with Crippen molar-refractivity contribution >= 4 is 66.4 Å². The van der Waals surface area contributed by atoms with Crippen molar-refractivity contribution in [2.45, 2.75) is 19.3 Å². The van der Waals surface area contributed by atoms with Crippen LogP contribution in [0.2, 0.25) is 0 Å². The molecule has 1 aliphatic carbocycles. The van der Waals surface area contributed by atoms with E-state index >= 15 is 0 Å². The molecule has 0 amide bonds. The molecule has 0 unspecified atom stereocenters. The third kappa shape index (κ3) is 6.49. The summed E-state index contributed by atoms with van der Waals surface area (Å²) in [6, 6.07) is 88.6. The maximum Gasteiger partial charge on any atom is 0.0468 e. The molecule has 0 saturated heterocycles. The van der Waals surface area contributed by atoms with Gasteiger partial charge in [0.2, 0.25) is 0 Å². The van der Waals surface area contributed by atoms with Crippen LogP contribution in [0.25, 0.3) is 65.7 Å². The predicted octanol–water partition coefficient (Wildman–Crippen LogP) is 17.7. The molecule has 0 radical (unpaired) electrons. The molecular formula is C63H46N2. The van der Waals surface area contributed by atoms with Gasteiger partial charge in [-0.25, -0.2) is 0 Å². The lowest BCUT2D eigenvalue weighted by Crippen LogP contribution is -2.16. The molecule has 0 bridgehead atoms. The average molecular weight is 831 g/mol. The first-order valence-electron chi connectivity index (χ1n) is 22.6. The molecule has 65 heavy (non-hydrogen) atoms. The number of anilines is 6. The summed E-state index contributed by atoms with van der Waals surface area (Å²) in [6.07, 6.45) is 0. The largest absolute Gasteiger partial charge is 0.310 e. The zero-order chi connectivity index (χ0) is 43.5. The Bertz CT molecular complexity index is 3560. The minimum absolute atomic E-state index is 0.276. The van der Waals surface area contributed by atoms with Gasteiger partial charge in [0.05, 0.1) is 0 Å². The van der Waals surface area contributed by atoms with Gasteiger partial charge < -0.3 is 9.80 Å². The molecule has 0 aliphatic heterocycles. The first-order chi connectivity index (χ1) is 32.0. The topological polar surface area (TPSA) is 6.48 Å². The molecule has 308 valence electrons. The number of fused-ring (bicyclic) bond motifs is 10. The molecule has 11 aromatic carbocycles. The van der Waals surface area contributed by atoms with Gasteiger partial charge in [0.15, 0.2) is 0 Å². The van der Waals surface area contributed by atoms with Crippen molar-refractivity contribution in [1.82, 2.24) is 0 Å². The quantitative estimate of drug-likeness (QED) is 0.141. The minimum Gasteiger partial charge on any atom is -0.310 e. The Labute approximate surface area is 380 Å². The summed E-state index contributed by atoms with van der Waals surface area (Å²) < 4.78 is 0. The highest BCUT2D eigenvalue weighted by Gasteiger charge is 2.40. The number of hydrogen-bond donors (Lipinski definition) is 0. The Hall–Kier alpha value is -8.20. The van der Waals surface area contributed by atoms with Crippen molar-refractivity contribution in [1.29, 1.82) is 0 Å². The Kier molecular flexibility index (Phi) is 9.21. The highest BCUT2D eigenvalue weighted by molar-refractivity contribution is 6.20. The molecule has 11 aromatic rings. The summed E-state index contributed by atoms with van der Waals surface area (Å²) in [7, 11) is 0. The molecule has 0 spiro atoms. The SMILES string of the molecule is CC1(C)c2c(ccc3cc(N(c4ccccc4)c4cccc(-c5ccccc5)c4)ccc23)-c2c1c1ccc(N(c3ccccc3)c3cccc(-c4ccccc4)c3)cc1c1ccccc21. The van der Waals surface area contributed by atoms with Crippen LogP contribution >= 0.6 is 0 Å². The zero-order valence-electron chi connectivity index (χ0n) is 36.5. The van der Waals surface area contributed by atoms with Crippen LogP contribution < -0.4 is 9.80 Å². The molecule has 12 rings (SSSR count). The van der Waals surface area contributed by atoms with Gasteiger partial charge in [-0.1, -0.05) is 184 Å². The van der Waals surface area contributed by atoms with Crippen molar-refractivity contribution in [2.75, 3.05) is 9.80 Å². The summed E-state index contributed by atoms with van der Waals surface area (Å²) in [6.45, 7) is 4.87. The lowest BCUT2D eigenvalue weighted by Gasteiger charge is -2.29. The smallest absolute Gasteiger partial charge is 0.0468 e. The van der Waals surface area contributed by atoms with E-state index in [1.165, 1.54) is 76.8 Å². The van der Waals surface area contributed by atoms with Crippen molar-refractivity contribution in [3.63, 3.8) is 0 Å². The van der Waals surface area contributed by atoms with Gasteiger partial charge in [-0.3, -0.25) is 0 Å². The van der Waals surface area contributed by atoms with E-state index in [-0.39, 0.29) is 5.41 Å². The predicted molar refractivity (Wildman–Crippen MR) is 277 cm³/mol. The minimum atomic E-state index is -0.276. The summed E-state index contributed by atoms with van der Waals surface area (Å²) >= 11 is 0. The maximum absolute atomic E-state index is 2.43. The van der Waals surface area contributed by atoms with E-state index < -0.39 is 0 Å². The van der Waals surface area contributed by atoms with Gasteiger partial charge in [0, 0.05) is 39.5 Å². The van der Waals surface area contributed by atoms with Gasteiger partial charge >= 0.3 is 0 Å². The fourth-order valence-electron chi connectivity index (χ4n) is 10.7. The van der Waals surface area contributed by atoms with E-state index in [4.69, 9.17) is 0 Å². The lowest BCUT2D eigenvalue weighted by molar-refractivity contribution is 0.672. The summed E-state index contributed by atoms with van der Waals surface area (Å²) in [4.78, 5) is 4.78. The van der Waals surface area contributed by atoms with Gasteiger partial charge in [-0.2, -0.15) is 0 Å². The molecule has 0 fully saturated rings. The molecular weight excluding hydrogens is 785 g/mol. The van der Waals surface area contributed by atoms with Gasteiger partial charge in [-0.15, -0.1) is 0 Å². The standard InChI is InChI=1S/C63H46N2/c1-63(2)61-54-37-34-52(64(48-25-11-5-12-26-48)50-29-17-23-45(39-50)43-19-7-3-8-20-43)41-47(54)33-36-58(61)60-56-32-16-15-31-55(56)59-42-53(35-38-57(59)62(60)63)65(49-27-13-6-14-28-49)51-30-18-24-46(40-51)44-21-9-4-10-22-44/h3-42H,1-2H3. The second-order valence-corrected chi connectivity index (χ2v) is 17.7. The molecule has 0 heterocycles. The Morgan fingerprint density at radius 1 is 0.277 bits per heavy atom. The monoisotopic (exact) mass is 830 g/mol. The van der Waals surface area contributed by atoms with Crippen LogP contribution in [0.3, 0.4) is 0 Å². The maximum atomic E-state index is 2.43. The van der Waals surface area contributed by atoms with Gasteiger partial charge in [0.1, 0.15) is 0 Å². The molecule has 0 atom stereocenters. The van der Waals surface area contributed by atoms with E-state index in [0.717, 1.165) is 34.1 Å². The highest BCUT2D eigenvalue weighted by atomic mass is 15.1. The normalized spacial score (nSPS) is 12.6. The molecule has 1 aliphatic rings. The Morgan fingerprint density at radius 2 is 0.723 bits per heavy atom. The first kappa shape index (κ1) is 38.5. The highest BCUT2D eigenvalue weighted by Crippen LogP contribution is 2.57. The number of hydrogen-bond acceptors (Lipinski definition) is 2. The average Bonchev–Trinajstić information content (AvgIpc) is 3.62. The van der Waals surface area contributed by atoms with E-state index in [1.807, 2.05) is 0 Å². The van der Waals surface area contributed by atoms with Crippen LogP contribution in [-0.2, 0) is 5.41 Å². The van der Waals surface area contributed by atoms with Crippen LogP contribution in [0.5, 0.6) is 0 Å². The molecule has 2 heteroatoms. The summed E-state index contributed by atoms with van der Waals surface area (Å²) in [5.74, 6) is 0. The number of nitrogens with zero attached hydrogens (tertiary/aromatic N) is 2. The van der Waals surface area contributed by atoms with Crippen LogP contribution in [0, 0.1) is 0 Å².